The van der Waals surface area contributed by atoms with Gasteiger partial charge in [-0.15, -0.1) is 4.39 Å². The molecule has 0 saturated carbocycles. The van der Waals surface area contributed by atoms with Gasteiger partial charge in [0.25, 0.3) is 0 Å². The van der Waals surface area contributed by atoms with Gasteiger partial charge >= 0.3 is 18.2 Å². The molecule has 0 aliphatic heterocycles. The number of hydrogen-bond acceptors (Lipinski definition) is 3. The van der Waals surface area contributed by atoms with Gasteiger partial charge in [0.05, 0.1) is 0 Å². The van der Waals surface area contributed by atoms with Gasteiger partial charge in [0.15, 0.2) is 0 Å². The topological polar surface area (TPSA) is 114 Å². The summed E-state index contributed by atoms with van der Waals surface area (Å²) < 4.78 is 11.2. The van der Waals surface area contributed by atoms with Crippen LogP contribution in [0.2, 0.25) is 0 Å². The molecule has 0 spiro atoms. The Balaban J connectivity index is 3.88. The van der Waals surface area contributed by atoms with Crippen molar-refractivity contribution in [2.75, 3.05) is 0 Å². The van der Waals surface area contributed by atoms with E-state index in [-0.39, 0.29) is 0 Å². The maximum atomic E-state index is 11.2. The number of nitrogens with zero attached hydrogens (tertiary/aromatic N) is 2. The fraction of sp³-hybridized carbons (Fsp3) is 0. The van der Waals surface area contributed by atoms with Gasteiger partial charge in [-0.25, -0.2) is 14.4 Å². The Kier molecular flexibility index (Phi) is 3.35. The molecule has 0 heterocycles. The average molecular weight is 162 g/mol. The Morgan fingerprint density at radius 1 is 1.27 bits per heavy atom. The zero-order valence-corrected chi connectivity index (χ0v) is 5.07. The van der Waals surface area contributed by atoms with Crippen molar-refractivity contribution in [1.82, 2.24) is 5.32 Å². The molecule has 60 valence electrons. The molecule has 0 bridgehead atoms. The minimum Gasteiger partial charge on any atom is -0.351 e. The van der Waals surface area contributed by atoms with Crippen molar-refractivity contribution in [1.29, 1.82) is 0 Å². The Labute approximate surface area is 59.5 Å². The highest BCUT2D eigenvalue weighted by Gasteiger charge is 2.01. The van der Waals surface area contributed by atoms with Gasteiger partial charge in [0.1, 0.15) is 0 Å². The van der Waals surface area contributed by atoms with E-state index in [9.17, 15) is 18.8 Å². The second kappa shape index (κ2) is 4.04. The summed E-state index contributed by atoms with van der Waals surface area (Å²) in [4.78, 5) is 29.4. The molecular formula is C3H3FN4O3. The van der Waals surface area contributed by atoms with Crippen molar-refractivity contribution in [3.63, 3.8) is 0 Å². The Bertz CT molecular complexity index is 225. The van der Waals surface area contributed by atoms with Gasteiger partial charge in [-0.2, -0.15) is 0 Å². The number of urea groups is 2. The smallest absolute Gasteiger partial charge is 0.351 e. The summed E-state index contributed by atoms with van der Waals surface area (Å²) in [6.07, 6.45) is -2.13. The number of rotatable bonds is 0. The third kappa shape index (κ3) is 6.02. The Hall–Kier alpha value is -1.86. The largest absolute Gasteiger partial charge is 0.442 e. The fourth-order valence-corrected chi connectivity index (χ4v) is 0.215. The van der Waals surface area contributed by atoms with Crippen LogP contribution in [0.15, 0.2) is 10.2 Å². The van der Waals surface area contributed by atoms with E-state index in [2.05, 4.69) is 16.0 Å². The maximum absolute atomic E-state index is 11.2. The van der Waals surface area contributed by atoms with Crippen molar-refractivity contribution >= 4 is 18.2 Å². The summed E-state index contributed by atoms with van der Waals surface area (Å²) in [7, 11) is 0. The third-order valence-corrected chi connectivity index (χ3v) is 0.450. The molecule has 11 heavy (non-hydrogen) atoms. The molecule has 0 aliphatic carbocycles. The molecule has 0 unspecified atom stereocenters. The molecule has 0 aromatic rings. The number of carbonyl (C=O) groups excluding carboxylic acids is 3. The molecule has 0 aliphatic rings. The molecule has 0 aromatic heterocycles. The molecule has 0 rings (SSSR count). The quantitative estimate of drug-likeness (QED) is 0.303. The van der Waals surface area contributed by atoms with Crippen LogP contribution in [0.25, 0.3) is 0 Å². The zero-order chi connectivity index (χ0) is 8.85. The second-order valence-corrected chi connectivity index (χ2v) is 1.25. The van der Waals surface area contributed by atoms with Crippen molar-refractivity contribution in [2.24, 2.45) is 16.0 Å². The molecule has 8 heteroatoms. The van der Waals surface area contributed by atoms with Gasteiger partial charge < -0.3 is 5.73 Å². The predicted molar refractivity (Wildman–Crippen MR) is 29.5 cm³/mol. The number of nitrogens with two attached hydrogens (primary N) is 1. The highest BCUT2D eigenvalue weighted by Crippen LogP contribution is 1.82. The number of azo groups is 1. The molecule has 0 atom stereocenters. The SMILES string of the molecule is NC(=O)NC(=O)N=NC(=O)F. The number of amides is 5. The van der Waals surface area contributed by atoms with Crippen molar-refractivity contribution in [2.45, 2.75) is 0 Å². The van der Waals surface area contributed by atoms with E-state index in [1.807, 2.05) is 0 Å². The summed E-state index contributed by atoms with van der Waals surface area (Å²) in [5, 5.41) is 6.01. The van der Waals surface area contributed by atoms with Gasteiger partial charge in [-0.1, -0.05) is 10.2 Å². The minimum atomic E-state index is -2.13. The molecule has 0 fully saturated rings. The summed E-state index contributed by atoms with van der Waals surface area (Å²) in [6, 6.07) is -2.47. The Morgan fingerprint density at radius 2 is 1.82 bits per heavy atom. The van der Waals surface area contributed by atoms with E-state index in [1.54, 1.807) is 0 Å². The summed E-state index contributed by atoms with van der Waals surface area (Å²) in [6.45, 7) is 0. The van der Waals surface area contributed by atoms with Crippen molar-refractivity contribution in [3.05, 3.63) is 0 Å². The van der Waals surface area contributed by atoms with Crippen LogP contribution in [-0.4, -0.2) is 18.2 Å². The van der Waals surface area contributed by atoms with Crippen LogP contribution in [0.3, 0.4) is 0 Å². The van der Waals surface area contributed by atoms with E-state index in [0.717, 1.165) is 0 Å². The highest BCUT2D eigenvalue weighted by molar-refractivity contribution is 5.93. The van der Waals surface area contributed by atoms with Gasteiger partial charge in [-0.3, -0.25) is 5.32 Å². The molecule has 0 radical (unpaired) electrons. The standard InChI is InChI=1S/C3H3FN4O3/c4-1(9)7-8-3(11)6-2(5)10/h(H3,5,6,10,11). The van der Waals surface area contributed by atoms with Crippen LogP contribution in [0.1, 0.15) is 0 Å². The second-order valence-electron chi connectivity index (χ2n) is 1.25. The van der Waals surface area contributed by atoms with Crippen LogP contribution in [0, 0.1) is 0 Å². The number of halogens is 1. The molecule has 0 aromatic carbocycles. The van der Waals surface area contributed by atoms with Crippen LogP contribution in [0.5, 0.6) is 0 Å². The van der Waals surface area contributed by atoms with Crippen LogP contribution < -0.4 is 11.1 Å². The minimum absolute atomic E-state index is 1.17. The van der Waals surface area contributed by atoms with E-state index in [4.69, 9.17) is 0 Å². The van der Waals surface area contributed by atoms with Gasteiger partial charge in [-0.05, 0) is 0 Å². The van der Waals surface area contributed by atoms with Crippen molar-refractivity contribution < 1.29 is 18.8 Å². The fourth-order valence-electron chi connectivity index (χ4n) is 0.215. The number of imide groups is 1. The van der Waals surface area contributed by atoms with Crippen molar-refractivity contribution in [3.8, 4) is 0 Å². The monoisotopic (exact) mass is 162 g/mol. The molecular weight excluding hydrogens is 159 g/mol. The molecule has 7 nitrogen and oxygen atoms in total. The summed E-state index contributed by atoms with van der Waals surface area (Å²) >= 11 is 0. The first-order valence-electron chi connectivity index (χ1n) is 2.24. The average Bonchev–Trinajstić information content (AvgIpc) is 1.82. The first-order valence-corrected chi connectivity index (χ1v) is 2.24. The summed E-state index contributed by atoms with van der Waals surface area (Å²) in [5.74, 6) is 0. The number of primary amides is 1. The molecule has 5 amide bonds. The lowest BCUT2D eigenvalue weighted by molar-refractivity contribution is 0.225. The van der Waals surface area contributed by atoms with E-state index in [1.165, 1.54) is 5.32 Å². The van der Waals surface area contributed by atoms with Crippen LogP contribution in [0.4, 0.5) is 18.8 Å². The zero-order valence-electron chi connectivity index (χ0n) is 5.07. The lowest BCUT2D eigenvalue weighted by atomic mass is 10.9. The van der Waals surface area contributed by atoms with Crippen LogP contribution in [-0.2, 0) is 0 Å². The number of carbonyl (C=O) groups is 3. The number of nitrogens with one attached hydrogen (secondary N) is 1. The first-order chi connectivity index (χ1) is 5.02. The molecule has 0 saturated heterocycles. The van der Waals surface area contributed by atoms with E-state index < -0.39 is 18.2 Å². The van der Waals surface area contributed by atoms with Gasteiger partial charge in [0.2, 0.25) is 0 Å². The molecule has 3 N–H and O–H groups in total. The highest BCUT2D eigenvalue weighted by atomic mass is 19.1. The number of hydrogen-bond donors (Lipinski definition) is 2. The third-order valence-electron chi connectivity index (χ3n) is 0.450. The van der Waals surface area contributed by atoms with Gasteiger partial charge in [0, 0.05) is 0 Å². The van der Waals surface area contributed by atoms with E-state index >= 15 is 0 Å². The lowest BCUT2D eigenvalue weighted by Crippen LogP contribution is -2.32. The first kappa shape index (κ1) is 9.14. The van der Waals surface area contributed by atoms with E-state index in [0.29, 0.717) is 0 Å². The summed E-state index contributed by atoms with van der Waals surface area (Å²) in [5.41, 5.74) is 4.45. The predicted octanol–water partition coefficient (Wildman–Crippen LogP) is 0.316. The maximum Gasteiger partial charge on any atom is 0.442 e. The van der Waals surface area contributed by atoms with Crippen LogP contribution >= 0.6 is 0 Å². The Morgan fingerprint density at radius 3 is 2.18 bits per heavy atom. The lowest BCUT2D eigenvalue weighted by Gasteiger charge is -1.88. The normalized spacial score (nSPS) is 9.55.